The van der Waals surface area contributed by atoms with Crippen molar-refractivity contribution in [2.45, 2.75) is 19.9 Å². The lowest BCUT2D eigenvalue weighted by Crippen LogP contribution is -2.28. The molecule has 0 aliphatic rings. The van der Waals surface area contributed by atoms with Gasteiger partial charge in [0.1, 0.15) is 5.82 Å². The summed E-state index contributed by atoms with van der Waals surface area (Å²) >= 11 is 6.04. The van der Waals surface area contributed by atoms with E-state index in [1.54, 1.807) is 19.2 Å². The number of fused-ring (bicyclic) bond motifs is 1. The van der Waals surface area contributed by atoms with Crippen LogP contribution >= 0.6 is 11.6 Å². The molecule has 0 aliphatic carbocycles. The second-order valence-electron chi connectivity index (χ2n) is 5.90. The molecule has 0 fully saturated rings. The Morgan fingerprint density at radius 1 is 1.17 bits per heavy atom. The predicted molar refractivity (Wildman–Crippen MR) is 94.6 cm³/mol. The number of amides is 1. The molecule has 124 valence electrons. The normalized spacial score (nSPS) is 11.0. The van der Waals surface area contributed by atoms with E-state index in [0.717, 1.165) is 22.2 Å². The zero-order valence-corrected chi connectivity index (χ0v) is 14.3. The van der Waals surface area contributed by atoms with Crippen LogP contribution in [0, 0.1) is 12.7 Å². The van der Waals surface area contributed by atoms with Gasteiger partial charge in [-0.1, -0.05) is 35.9 Å². The van der Waals surface area contributed by atoms with E-state index in [2.05, 4.69) is 4.98 Å². The highest BCUT2D eigenvalue weighted by molar-refractivity contribution is 6.31. The third-order valence-corrected chi connectivity index (χ3v) is 4.59. The first-order valence-electron chi connectivity index (χ1n) is 7.70. The molecule has 0 aliphatic heterocycles. The van der Waals surface area contributed by atoms with E-state index in [0.29, 0.717) is 10.6 Å². The van der Waals surface area contributed by atoms with Crippen molar-refractivity contribution in [3.8, 4) is 0 Å². The van der Waals surface area contributed by atoms with Crippen LogP contribution in [0.4, 0.5) is 4.39 Å². The summed E-state index contributed by atoms with van der Waals surface area (Å²) in [6.45, 7) is 2.10. The van der Waals surface area contributed by atoms with Gasteiger partial charge in [0.25, 0.3) is 0 Å². The minimum Gasteiger partial charge on any atom is -0.358 e. The van der Waals surface area contributed by atoms with E-state index in [1.807, 2.05) is 31.2 Å². The van der Waals surface area contributed by atoms with Crippen LogP contribution in [0.25, 0.3) is 10.9 Å². The van der Waals surface area contributed by atoms with Crippen LogP contribution in [-0.2, 0) is 17.8 Å². The van der Waals surface area contributed by atoms with Gasteiger partial charge in [0, 0.05) is 40.8 Å². The van der Waals surface area contributed by atoms with E-state index >= 15 is 0 Å². The average Bonchev–Trinajstić information content (AvgIpc) is 2.87. The summed E-state index contributed by atoms with van der Waals surface area (Å²) in [6, 6.07) is 12.4. The number of hydrogen-bond donors (Lipinski definition) is 1. The number of carbonyl (C=O) groups excluding carboxylic acids is 1. The van der Waals surface area contributed by atoms with Gasteiger partial charge in [0.05, 0.1) is 6.42 Å². The molecule has 0 atom stereocenters. The SMILES string of the molecule is Cc1[nH]c2ccccc2c1CC(=O)N(C)Cc1c(F)cccc1Cl. The lowest BCUT2D eigenvalue weighted by molar-refractivity contribution is -0.129. The maximum Gasteiger partial charge on any atom is 0.227 e. The lowest BCUT2D eigenvalue weighted by Gasteiger charge is -2.18. The molecule has 3 rings (SSSR count). The van der Waals surface area contributed by atoms with Crippen LogP contribution < -0.4 is 0 Å². The zero-order valence-electron chi connectivity index (χ0n) is 13.6. The summed E-state index contributed by atoms with van der Waals surface area (Å²) in [5.41, 5.74) is 3.30. The van der Waals surface area contributed by atoms with E-state index in [1.165, 1.54) is 11.0 Å². The molecule has 0 radical (unpaired) electrons. The third kappa shape index (κ3) is 3.15. The van der Waals surface area contributed by atoms with E-state index in [-0.39, 0.29) is 18.9 Å². The van der Waals surface area contributed by atoms with Crippen molar-refractivity contribution in [1.82, 2.24) is 9.88 Å². The predicted octanol–water partition coefficient (Wildman–Crippen LogP) is 4.47. The molecule has 3 nitrogen and oxygen atoms in total. The molecule has 0 saturated carbocycles. The Bertz CT molecular complexity index is 883. The summed E-state index contributed by atoms with van der Waals surface area (Å²) in [5.74, 6) is -0.479. The smallest absolute Gasteiger partial charge is 0.227 e. The lowest BCUT2D eigenvalue weighted by atomic mass is 10.1. The van der Waals surface area contributed by atoms with Crippen molar-refractivity contribution in [3.05, 3.63) is 70.1 Å². The molecular weight excluding hydrogens is 327 g/mol. The number of benzene rings is 2. The minimum absolute atomic E-state index is 0.0813. The summed E-state index contributed by atoms with van der Waals surface area (Å²) in [6.07, 6.45) is 0.262. The quantitative estimate of drug-likeness (QED) is 0.744. The van der Waals surface area contributed by atoms with Crippen molar-refractivity contribution >= 4 is 28.4 Å². The number of H-pyrrole nitrogens is 1. The Kier molecular flexibility index (Phi) is 4.58. The number of aryl methyl sites for hydroxylation is 1. The third-order valence-electron chi connectivity index (χ3n) is 4.24. The topological polar surface area (TPSA) is 36.1 Å². The molecule has 1 amide bonds. The number of nitrogens with one attached hydrogen (secondary N) is 1. The van der Waals surface area contributed by atoms with Crippen molar-refractivity contribution in [2.75, 3.05) is 7.05 Å². The molecular formula is C19H18ClFN2O. The molecule has 0 bridgehead atoms. The van der Waals surface area contributed by atoms with Crippen LogP contribution in [0.2, 0.25) is 5.02 Å². The van der Waals surface area contributed by atoms with E-state index in [4.69, 9.17) is 11.6 Å². The molecule has 24 heavy (non-hydrogen) atoms. The van der Waals surface area contributed by atoms with E-state index in [9.17, 15) is 9.18 Å². The fourth-order valence-electron chi connectivity index (χ4n) is 2.86. The Morgan fingerprint density at radius 3 is 2.67 bits per heavy atom. The highest BCUT2D eigenvalue weighted by atomic mass is 35.5. The van der Waals surface area contributed by atoms with Gasteiger partial charge in [0.15, 0.2) is 0 Å². The van der Waals surface area contributed by atoms with Crippen molar-refractivity contribution in [2.24, 2.45) is 0 Å². The summed E-state index contributed by atoms with van der Waals surface area (Å²) in [5, 5.41) is 1.37. The number of halogens is 2. The van der Waals surface area contributed by atoms with E-state index < -0.39 is 5.82 Å². The van der Waals surface area contributed by atoms with Crippen molar-refractivity contribution in [1.29, 1.82) is 0 Å². The first-order chi connectivity index (χ1) is 11.5. The number of para-hydroxylation sites is 1. The largest absolute Gasteiger partial charge is 0.358 e. The van der Waals surface area contributed by atoms with Crippen LogP contribution in [-0.4, -0.2) is 22.8 Å². The fraction of sp³-hybridized carbons (Fsp3) is 0.211. The van der Waals surface area contributed by atoms with Gasteiger partial charge >= 0.3 is 0 Å². The van der Waals surface area contributed by atoms with Gasteiger partial charge in [0.2, 0.25) is 5.91 Å². The zero-order chi connectivity index (χ0) is 17.3. The molecule has 3 aromatic rings. The molecule has 0 spiro atoms. The van der Waals surface area contributed by atoms with Gasteiger partial charge in [-0.25, -0.2) is 4.39 Å². The molecule has 1 N–H and O–H groups in total. The van der Waals surface area contributed by atoms with Gasteiger partial charge in [-0.3, -0.25) is 4.79 Å². The first kappa shape index (κ1) is 16.5. The van der Waals surface area contributed by atoms with Crippen molar-refractivity contribution in [3.63, 3.8) is 0 Å². The van der Waals surface area contributed by atoms with Gasteiger partial charge in [-0.15, -0.1) is 0 Å². The fourth-order valence-corrected chi connectivity index (χ4v) is 3.08. The second kappa shape index (κ2) is 6.65. The first-order valence-corrected chi connectivity index (χ1v) is 8.08. The summed E-state index contributed by atoms with van der Waals surface area (Å²) < 4.78 is 13.9. The van der Waals surface area contributed by atoms with Crippen molar-refractivity contribution < 1.29 is 9.18 Å². The highest BCUT2D eigenvalue weighted by Crippen LogP contribution is 2.24. The van der Waals surface area contributed by atoms with Crippen LogP contribution in [0.1, 0.15) is 16.8 Å². The molecule has 5 heteroatoms. The van der Waals surface area contributed by atoms with Crippen LogP contribution in [0.3, 0.4) is 0 Å². The number of rotatable bonds is 4. The Hall–Kier alpha value is -2.33. The monoisotopic (exact) mass is 344 g/mol. The van der Waals surface area contributed by atoms with Gasteiger partial charge in [-0.2, -0.15) is 0 Å². The second-order valence-corrected chi connectivity index (χ2v) is 6.31. The van der Waals surface area contributed by atoms with Gasteiger partial charge < -0.3 is 9.88 Å². The maximum atomic E-state index is 13.9. The standard InChI is InChI=1S/C19H18ClFN2O/c1-12-14(13-6-3-4-9-18(13)22-12)10-19(24)23(2)11-15-16(20)7-5-8-17(15)21/h3-9,22H,10-11H2,1-2H3. The number of nitrogens with zero attached hydrogens (tertiary/aromatic N) is 1. The van der Waals surface area contributed by atoms with Gasteiger partial charge in [-0.05, 0) is 30.7 Å². The summed E-state index contributed by atoms with van der Waals surface area (Å²) in [7, 11) is 1.66. The molecule has 0 saturated heterocycles. The molecule has 1 aromatic heterocycles. The maximum absolute atomic E-state index is 13.9. The Labute approximate surface area is 145 Å². The number of hydrogen-bond acceptors (Lipinski definition) is 1. The number of aromatic amines is 1. The number of carbonyl (C=O) groups is 1. The van der Waals surface area contributed by atoms with Crippen LogP contribution in [0.15, 0.2) is 42.5 Å². The molecule has 1 heterocycles. The molecule has 0 unspecified atom stereocenters. The minimum atomic E-state index is -0.398. The highest BCUT2D eigenvalue weighted by Gasteiger charge is 2.17. The number of likely N-dealkylation sites (N-methyl/N-ethyl adjacent to an activating group) is 1. The Balaban J connectivity index is 1.80. The summed E-state index contributed by atoms with van der Waals surface area (Å²) in [4.78, 5) is 17.4. The Morgan fingerprint density at radius 2 is 1.92 bits per heavy atom. The van der Waals surface area contributed by atoms with Crippen LogP contribution in [0.5, 0.6) is 0 Å². The number of aromatic nitrogens is 1. The average molecular weight is 345 g/mol. The molecule has 2 aromatic carbocycles.